The summed E-state index contributed by atoms with van der Waals surface area (Å²) in [6.07, 6.45) is 48.1. The van der Waals surface area contributed by atoms with Crippen molar-refractivity contribution in [3.63, 3.8) is 0 Å². The third-order valence-electron chi connectivity index (χ3n) is 7.85. The molecule has 0 aromatic rings. The van der Waals surface area contributed by atoms with Crippen LogP contribution in [-0.2, 0) is 18.4 Å². The van der Waals surface area contributed by atoms with Crippen molar-refractivity contribution in [2.45, 2.75) is 129 Å². The molecular weight excluding hydrogens is 671 g/mol. The van der Waals surface area contributed by atoms with Crippen molar-refractivity contribution in [2.75, 3.05) is 40.9 Å². The fourth-order valence-corrected chi connectivity index (χ4v) is 5.44. The van der Waals surface area contributed by atoms with E-state index in [2.05, 4.69) is 116 Å². The molecule has 0 saturated carbocycles. The number of hydrogen-bond acceptors (Lipinski definition) is 5. The molecule has 0 saturated heterocycles. The number of aliphatic hydroxyl groups is 1. The Hall–Kier alpha value is -2.58. The Morgan fingerprint density at radius 2 is 1.13 bits per heavy atom. The van der Waals surface area contributed by atoms with Gasteiger partial charge in [0.15, 0.2) is 0 Å². The minimum Gasteiger partial charge on any atom is -0.391 e. The van der Waals surface area contributed by atoms with Crippen molar-refractivity contribution in [1.82, 2.24) is 5.32 Å². The van der Waals surface area contributed by atoms with E-state index >= 15 is 0 Å². The second-order valence-corrected chi connectivity index (χ2v) is 15.4. The number of allylic oxidation sites excluding steroid dienone is 16. The summed E-state index contributed by atoms with van der Waals surface area (Å²) in [4.78, 5) is 22.7. The molecule has 0 aliphatic heterocycles. The fourth-order valence-electron chi connectivity index (χ4n) is 4.70. The van der Waals surface area contributed by atoms with Crippen LogP contribution in [0.4, 0.5) is 0 Å². The van der Waals surface area contributed by atoms with Gasteiger partial charge in [-0.05, 0) is 77.0 Å². The third-order valence-corrected chi connectivity index (χ3v) is 8.83. The van der Waals surface area contributed by atoms with Crippen molar-refractivity contribution in [2.24, 2.45) is 0 Å². The second-order valence-electron chi connectivity index (χ2n) is 13.9. The van der Waals surface area contributed by atoms with E-state index in [-0.39, 0.29) is 19.1 Å². The Kier molecular flexibility index (Phi) is 32.5. The fraction of sp³-hybridized carbons (Fsp3) is 0.605. The Bertz CT molecular complexity index is 1160. The number of likely N-dealkylation sites (N-methyl/N-ethyl adjacent to an activating group) is 1. The zero-order valence-electron chi connectivity index (χ0n) is 33.2. The number of nitrogens with zero attached hydrogens (tertiary/aromatic N) is 1. The summed E-state index contributed by atoms with van der Waals surface area (Å²) in [5, 5.41) is 13.5. The molecule has 0 radical (unpaired) electrons. The molecule has 0 fully saturated rings. The summed E-state index contributed by atoms with van der Waals surface area (Å²) in [7, 11) is 1.55. The summed E-state index contributed by atoms with van der Waals surface area (Å²) in [5.74, 6) is -0.205. The molecule has 3 unspecified atom stereocenters. The molecule has 0 bridgehead atoms. The van der Waals surface area contributed by atoms with Crippen LogP contribution in [-0.4, -0.2) is 73.4 Å². The van der Waals surface area contributed by atoms with Crippen LogP contribution in [0, 0.1) is 0 Å². The van der Waals surface area contributed by atoms with Crippen LogP contribution in [0.1, 0.15) is 117 Å². The van der Waals surface area contributed by atoms with E-state index in [1.165, 1.54) is 0 Å². The van der Waals surface area contributed by atoms with Gasteiger partial charge in [0.1, 0.15) is 13.2 Å². The predicted octanol–water partition coefficient (Wildman–Crippen LogP) is 10.4. The average molecular weight is 746 g/mol. The van der Waals surface area contributed by atoms with Gasteiger partial charge in [-0.1, -0.05) is 130 Å². The number of carbonyl (C=O) groups is 1. The first-order valence-corrected chi connectivity index (χ1v) is 21.1. The van der Waals surface area contributed by atoms with Crippen molar-refractivity contribution < 1.29 is 32.9 Å². The number of carbonyl (C=O) groups excluding carboxylic acids is 1. The van der Waals surface area contributed by atoms with Crippen LogP contribution >= 0.6 is 7.82 Å². The number of phosphoric acid groups is 1. The lowest BCUT2D eigenvalue weighted by atomic mass is 10.0. The van der Waals surface area contributed by atoms with Gasteiger partial charge in [-0.2, -0.15) is 0 Å². The van der Waals surface area contributed by atoms with Gasteiger partial charge < -0.3 is 19.8 Å². The van der Waals surface area contributed by atoms with Gasteiger partial charge in [0.2, 0.25) is 5.91 Å². The molecule has 1 amide bonds. The highest BCUT2D eigenvalue weighted by molar-refractivity contribution is 7.47. The summed E-state index contributed by atoms with van der Waals surface area (Å²) >= 11 is 0. The molecule has 0 spiro atoms. The molecule has 0 aromatic heterocycles. The maximum absolute atomic E-state index is 12.7. The van der Waals surface area contributed by atoms with E-state index in [1.807, 2.05) is 21.1 Å². The monoisotopic (exact) mass is 746 g/mol. The number of unbranched alkanes of at least 4 members (excludes halogenated alkanes) is 4. The Morgan fingerprint density at radius 1 is 0.673 bits per heavy atom. The highest BCUT2D eigenvalue weighted by Crippen LogP contribution is 2.43. The Morgan fingerprint density at radius 3 is 1.58 bits per heavy atom. The van der Waals surface area contributed by atoms with E-state index in [9.17, 15) is 19.4 Å². The highest BCUT2D eigenvalue weighted by atomic mass is 31.2. The maximum atomic E-state index is 12.7. The quantitative estimate of drug-likeness (QED) is 0.0267. The first-order chi connectivity index (χ1) is 25.0. The number of nitrogens with one attached hydrogen (secondary N) is 1. The minimum atomic E-state index is -4.31. The number of quaternary nitrogens is 1. The van der Waals surface area contributed by atoms with Crippen LogP contribution in [0.25, 0.3) is 0 Å². The highest BCUT2D eigenvalue weighted by Gasteiger charge is 2.28. The van der Waals surface area contributed by atoms with E-state index in [1.54, 1.807) is 0 Å². The topological polar surface area (TPSA) is 105 Å². The lowest BCUT2D eigenvalue weighted by Crippen LogP contribution is -2.46. The van der Waals surface area contributed by atoms with E-state index < -0.39 is 20.0 Å². The molecule has 0 aliphatic carbocycles. The molecule has 0 rings (SSSR count). The minimum absolute atomic E-state index is 0.0580. The first kappa shape index (κ1) is 49.4. The van der Waals surface area contributed by atoms with Gasteiger partial charge in [-0.25, -0.2) is 4.57 Å². The third kappa shape index (κ3) is 35.8. The molecule has 0 heterocycles. The van der Waals surface area contributed by atoms with E-state index in [0.717, 1.165) is 83.5 Å². The smallest absolute Gasteiger partial charge is 0.391 e. The average Bonchev–Trinajstić information content (AvgIpc) is 3.09. The zero-order valence-corrected chi connectivity index (χ0v) is 34.1. The first-order valence-electron chi connectivity index (χ1n) is 19.6. The molecule has 9 heteroatoms. The standard InChI is InChI=1S/C43H73N2O6P/c1-6-8-10-11-12-13-14-15-16-17-18-19-20-21-22-23-24-25-26-27-28-29-30-31-32-33-35-37-43(47)44-41(42(46)36-34-9-7-2)40-51-52(48,49)50-39-38-45(3,4)5/h8,10,12-13,15-16,18-19,21-22,24-25,27-28,30-31,41-42,46H,6-7,9,11,14,17,20,23,26,29,32-40H2,1-5H3,(H-,44,47,48,49)/p+1/b10-8-,13-12-,16-15-,19-18-,22-21-,25-24-,28-27-,31-30-. The van der Waals surface area contributed by atoms with Gasteiger partial charge >= 0.3 is 7.82 Å². The van der Waals surface area contributed by atoms with E-state index in [4.69, 9.17) is 9.05 Å². The Balaban J connectivity index is 4.17. The van der Waals surface area contributed by atoms with Crippen LogP contribution in [0.2, 0.25) is 0 Å². The molecule has 52 heavy (non-hydrogen) atoms. The second kappa shape index (κ2) is 34.2. The van der Waals surface area contributed by atoms with Gasteiger partial charge in [0.05, 0.1) is 39.9 Å². The van der Waals surface area contributed by atoms with Crippen LogP contribution in [0.5, 0.6) is 0 Å². The molecule has 0 aromatic carbocycles. The van der Waals surface area contributed by atoms with Gasteiger partial charge in [-0.3, -0.25) is 13.8 Å². The number of amides is 1. The normalized spacial score (nSPS) is 15.6. The number of hydrogen-bond donors (Lipinski definition) is 3. The summed E-state index contributed by atoms with van der Waals surface area (Å²) in [6.45, 7) is 4.52. The van der Waals surface area contributed by atoms with Gasteiger partial charge in [-0.15, -0.1) is 0 Å². The molecule has 3 atom stereocenters. The van der Waals surface area contributed by atoms with Gasteiger partial charge in [0.25, 0.3) is 0 Å². The lowest BCUT2D eigenvalue weighted by Gasteiger charge is -2.26. The molecule has 8 nitrogen and oxygen atoms in total. The van der Waals surface area contributed by atoms with Crippen molar-refractivity contribution in [3.05, 3.63) is 97.2 Å². The summed E-state index contributed by atoms with van der Waals surface area (Å²) in [6, 6.07) is -0.786. The van der Waals surface area contributed by atoms with Gasteiger partial charge in [0, 0.05) is 6.42 Å². The SMILES string of the molecule is CC/C=C\C/C=C\C/C=C\C/C=C\C/C=C\C/C=C\C/C=C\C/C=C\CCCCC(=O)NC(COP(=O)(O)OCC[N+](C)(C)C)C(O)CCCCC. The molecular formula is C43H74N2O6P+. The molecule has 296 valence electrons. The lowest BCUT2D eigenvalue weighted by molar-refractivity contribution is -0.870. The Labute approximate surface area is 318 Å². The maximum Gasteiger partial charge on any atom is 0.472 e. The van der Waals surface area contributed by atoms with Crippen molar-refractivity contribution in [1.29, 1.82) is 0 Å². The van der Waals surface area contributed by atoms with Crippen LogP contribution in [0.15, 0.2) is 97.2 Å². The van der Waals surface area contributed by atoms with E-state index in [0.29, 0.717) is 30.3 Å². The molecule has 0 aliphatic rings. The number of aliphatic hydroxyl groups excluding tert-OH is 1. The van der Waals surface area contributed by atoms with Crippen LogP contribution in [0.3, 0.4) is 0 Å². The summed E-state index contributed by atoms with van der Waals surface area (Å²) < 4.78 is 23.2. The summed E-state index contributed by atoms with van der Waals surface area (Å²) in [5.41, 5.74) is 0. The zero-order chi connectivity index (χ0) is 38.6. The largest absolute Gasteiger partial charge is 0.472 e. The predicted molar refractivity (Wildman–Crippen MR) is 221 cm³/mol. The van der Waals surface area contributed by atoms with Crippen LogP contribution < -0.4 is 5.32 Å². The number of phosphoric ester groups is 1. The van der Waals surface area contributed by atoms with Crippen molar-refractivity contribution >= 4 is 13.7 Å². The van der Waals surface area contributed by atoms with Crippen molar-refractivity contribution in [3.8, 4) is 0 Å². The number of rotatable bonds is 33. The molecule has 3 N–H and O–H groups in total.